The Hall–Kier alpha value is -4.54. The van der Waals surface area contributed by atoms with Crippen LogP contribution in [0.5, 0.6) is 0 Å². The monoisotopic (exact) mass is 949 g/mol. The van der Waals surface area contributed by atoms with Crippen LogP contribution >= 0.6 is 11.3 Å². The van der Waals surface area contributed by atoms with Gasteiger partial charge >= 0.3 is 0 Å². The molecule has 6 aliphatic rings. The van der Waals surface area contributed by atoms with Crippen LogP contribution < -0.4 is 15.3 Å². The summed E-state index contributed by atoms with van der Waals surface area (Å²) in [5, 5.41) is 2.71. The number of hydrogen-bond acceptors (Lipinski definition) is 3. The normalized spacial score (nSPS) is 27.3. The van der Waals surface area contributed by atoms with Crippen molar-refractivity contribution in [3.05, 3.63) is 166 Å². The Morgan fingerprint density at radius 3 is 2.17 bits per heavy atom. The molecule has 0 amide bonds. The van der Waals surface area contributed by atoms with Gasteiger partial charge in [-0.1, -0.05) is 159 Å². The van der Waals surface area contributed by atoms with E-state index in [2.05, 4.69) is 198 Å². The molecule has 70 heavy (non-hydrogen) atoms. The Balaban J connectivity index is 1.40. The van der Waals surface area contributed by atoms with E-state index in [1.807, 2.05) is 11.3 Å². The molecular weight excluding hydrogens is 864 g/mol. The van der Waals surface area contributed by atoms with E-state index < -0.39 is 0 Å². The highest BCUT2D eigenvalue weighted by Gasteiger charge is 2.43. The molecule has 1 aromatic heterocycles. The van der Waals surface area contributed by atoms with Crippen molar-refractivity contribution >= 4 is 49.9 Å². The summed E-state index contributed by atoms with van der Waals surface area (Å²) in [5.74, 6) is 4.62. The number of thiophene rings is 1. The summed E-state index contributed by atoms with van der Waals surface area (Å²) >= 11 is 1.98. The molecule has 368 valence electrons. The fourth-order valence-electron chi connectivity index (χ4n) is 11.9. The third-order valence-electron chi connectivity index (χ3n) is 17.4. The molecule has 3 heterocycles. The van der Waals surface area contributed by atoms with Crippen molar-refractivity contribution in [1.82, 2.24) is 0 Å². The minimum absolute atomic E-state index is 0.00886. The number of allylic oxidation sites excluding steroid dienone is 13. The summed E-state index contributed by atoms with van der Waals surface area (Å²) in [6.07, 6.45) is 33.7. The minimum atomic E-state index is -0.128. The van der Waals surface area contributed by atoms with Crippen LogP contribution in [0.2, 0.25) is 0 Å². The molecule has 1 saturated carbocycles. The summed E-state index contributed by atoms with van der Waals surface area (Å²) < 4.78 is 1.35. The lowest BCUT2D eigenvalue weighted by Gasteiger charge is -2.42. The van der Waals surface area contributed by atoms with E-state index >= 15 is 0 Å². The smallest absolute Gasteiger partial charge is 0.245 e. The fourth-order valence-corrected chi connectivity index (χ4v) is 13.1. The van der Waals surface area contributed by atoms with Crippen molar-refractivity contribution in [3.63, 3.8) is 0 Å². The van der Waals surface area contributed by atoms with Crippen molar-refractivity contribution in [1.29, 1.82) is 0 Å². The van der Waals surface area contributed by atoms with Crippen molar-refractivity contribution < 1.29 is 0 Å². The lowest BCUT2D eigenvalue weighted by molar-refractivity contribution is 0.241. The topological polar surface area (TPSA) is 6.48 Å². The number of rotatable bonds is 5. The average molecular weight is 949 g/mol. The second-order valence-electron chi connectivity index (χ2n) is 26.3. The van der Waals surface area contributed by atoms with Gasteiger partial charge in [0.2, 0.25) is 6.71 Å². The highest BCUT2D eigenvalue weighted by atomic mass is 32.1. The van der Waals surface area contributed by atoms with Gasteiger partial charge < -0.3 is 9.80 Å². The molecule has 9 rings (SSSR count). The second kappa shape index (κ2) is 18.8. The molecule has 4 unspecified atom stereocenters. The van der Waals surface area contributed by atoms with Crippen LogP contribution in [0.15, 0.2) is 144 Å². The summed E-state index contributed by atoms with van der Waals surface area (Å²) in [4.78, 5) is 5.33. The van der Waals surface area contributed by atoms with E-state index in [1.165, 1.54) is 121 Å². The predicted molar refractivity (Wildman–Crippen MR) is 311 cm³/mol. The van der Waals surface area contributed by atoms with E-state index in [-0.39, 0.29) is 28.4 Å². The molecule has 2 nitrogen and oxygen atoms in total. The van der Waals surface area contributed by atoms with Crippen LogP contribution in [0, 0.1) is 28.1 Å². The first-order valence-electron chi connectivity index (χ1n) is 27.2. The maximum absolute atomic E-state index is 4.88. The van der Waals surface area contributed by atoms with Crippen molar-refractivity contribution in [2.45, 2.75) is 178 Å². The first kappa shape index (κ1) is 50.4. The highest BCUT2D eigenvalue weighted by molar-refractivity contribution is 7.25. The number of nitrogens with zero attached hydrogens (tertiary/aromatic N) is 2. The van der Waals surface area contributed by atoms with E-state index in [9.17, 15) is 0 Å². The van der Waals surface area contributed by atoms with Gasteiger partial charge in [-0.3, -0.25) is 0 Å². The first-order chi connectivity index (χ1) is 32.9. The Kier molecular flexibility index (Phi) is 13.6. The van der Waals surface area contributed by atoms with Crippen LogP contribution in [0.4, 0.5) is 10.7 Å². The minimum Gasteiger partial charge on any atom is -0.318 e. The van der Waals surface area contributed by atoms with Crippen LogP contribution in [-0.4, -0.2) is 6.71 Å². The maximum Gasteiger partial charge on any atom is 0.245 e. The summed E-state index contributed by atoms with van der Waals surface area (Å²) in [5.41, 5.74) is 19.2. The molecule has 4 atom stereocenters. The van der Waals surface area contributed by atoms with Gasteiger partial charge in [0.15, 0.2) is 0 Å². The molecule has 1 fully saturated rings. The molecular formula is C66H85BN2S. The lowest BCUT2D eigenvalue weighted by Crippen LogP contribution is -2.47. The number of benzene rings is 2. The molecule has 0 saturated heterocycles. The van der Waals surface area contributed by atoms with Gasteiger partial charge in [0, 0.05) is 33.6 Å². The largest absolute Gasteiger partial charge is 0.318 e. The predicted octanol–water partition coefficient (Wildman–Crippen LogP) is 18.9. The van der Waals surface area contributed by atoms with Crippen LogP contribution in [0.1, 0.15) is 195 Å². The zero-order chi connectivity index (χ0) is 50.2. The average Bonchev–Trinajstić information content (AvgIpc) is 3.69. The Morgan fingerprint density at radius 2 is 1.50 bits per heavy atom. The quantitative estimate of drug-likeness (QED) is 0.235. The van der Waals surface area contributed by atoms with Gasteiger partial charge in [0.05, 0.1) is 10.7 Å². The van der Waals surface area contributed by atoms with E-state index in [1.54, 1.807) is 5.56 Å². The number of anilines is 2. The van der Waals surface area contributed by atoms with Gasteiger partial charge in [-0.05, 0) is 201 Å². The SMILES string of the molecule is C=C1/C(=C\C2=CB3C(=CN2c2cc4c(cc2C2=CC=CCC2)C(C)CCC4C)/C(=C\C(=C)C(C)(C)C)N(C2=C/CC(C)(C)CCC(C)(C)C/C=C\2)c2sc4ccc(C(C)(C)C)cc4c23)C(C)CCC1C. The van der Waals surface area contributed by atoms with Gasteiger partial charge in [0.1, 0.15) is 0 Å². The zero-order valence-corrected chi connectivity index (χ0v) is 46.7. The molecule has 2 aromatic carbocycles. The van der Waals surface area contributed by atoms with Gasteiger partial charge in [-0.2, -0.15) is 0 Å². The Morgan fingerprint density at radius 1 is 0.829 bits per heavy atom. The van der Waals surface area contributed by atoms with Crippen LogP contribution in [0.3, 0.4) is 0 Å². The van der Waals surface area contributed by atoms with Crippen LogP contribution in [-0.2, 0) is 5.41 Å². The second-order valence-corrected chi connectivity index (χ2v) is 27.3. The molecule has 0 bridgehead atoms. The van der Waals surface area contributed by atoms with Crippen LogP contribution in [0.25, 0.3) is 15.7 Å². The van der Waals surface area contributed by atoms with E-state index in [0.29, 0.717) is 23.7 Å². The van der Waals surface area contributed by atoms with Gasteiger partial charge in [0.25, 0.3) is 0 Å². The van der Waals surface area contributed by atoms with Gasteiger partial charge in [-0.15, -0.1) is 11.3 Å². The van der Waals surface area contributed by atoms with E-state index in [0.717, 1.165) is 31.3 Å². The zero-order valence-electron chi connectivity index (χ0n) is 45.8. The Bertz CT molecular complexity index is 2860. The molecule has 4 heteroatoms. The third kappa shape index (κ3) is 9.86. The van der Waals surface area contributed by atoms with Crippen molar-refractivity contribution in [2.24, 2.45) is 28.1 Å². The van der Waals surface area contributed by atoms with E-state index in [4.69, 9.17) is 13.2 Å². The lowest BCUT2D eigenvalue weighted by atomic mass is 9.37. The number of hydrogen-bond donors (Lipinski definition) is 0. The fraction of sp³-hybridized carbons (Fsp3) is 0.485. The molecule has 0 N–H and O–H groups in total. The molecule has 0 spiro atoms. The highest BCUT2D eigenvalue weighted by Crippen LogP contribution is 2.51. The third-order valence-corrected chi connectivity index (χ3v) is 18.6. The summed E-state index contributed by atoms with van der Waals surface area (Å²) in [6, 6.07) is 12.6. The first-order valence-corrected chi connectivity index (χ1v) is 28.0. The van der Waals surface area contributed by atoms with Crippen molar-refractivity contribution in [3.8, 4) is 0 Å². The molecule has 4 aliphatic carbocycles. The summed E-state index contributed by atoms with van der Waals surface area (Å²) in [7, 11) is 0. The molecule has 2 aliphatic heterocycles. The maximum atomic E-state index is 4.88. The molecule has 0 radical (unpaired) electrons. The summed E-state index contributed by atoms with van der Waals surface area (Å²) in [6.45, 7) is 43.4. The van der Waals surface area contributed by atoms with Crippen molar-refractivity contribution in [2.75, 3.05) is 9.80 Å². The Labute approximate surface area is 429 Å². The van der Waals surface area contributed by atoms with Gasteiger partial charge in [-0.25, -0.2) is 0 Å². The standard InChI is InChI=1S/C66H85BN2S/c1-42-24-25-43(2)52(47(42)6)37-51-40-67-57(41-68(51)58-39-54-45(4)27-26-44(3)53(54)38-55(58)48-21-18-17-19-22-48)59(35-46(5)63(7,8)9)69(50-23-20-31-65(13,14)33-34-66(15,16)32-30-50)62-61(67)56-36-49(64(10,11)12)28-29-60(56)70-62/h17-18,20-21,23,28-30,35-45H,5-6,19,22,24-27,31-34H2,1-4,7-16H3/b23-20-,50-30+,52-37-,59-35+. The molecule has 3 aromatic rings. The number of fused-ring (bicyclic) bond motifs is 6.